The quantitative estimate of drug-likeness (QED) is 0.419. The first-order valence-corrected chi connectivity index (χ1v) is 8.91. The minimum absolute atomic E-state index is 0.259. The summed E-state index contributed by atoms with van der Waals surface area (Å²) in [6.07, 6.45) is 0. The van der Waals surface area contributed by atoms with Gasteiger partial charge in [-0.1, -0.05) is 35.9 Å². The average molecular weight is 370 g/mol. The van der Waals surface area contributed by atoms with E-state index in [4.69, 9.17) is 16.3 Å². The minimum atomic E-state index is -0.259. The van der Waals surface area contributed by atoms with Crippen molar-refractivity contribution in [2.75, 3.05) is 0 Å². The highest BCUT2D eigenvalue weighted by Crippen LogP contribution is 2.37. The molecule has 0 spiro atoms. The fourth-order valence-corrected chi connectivity index (χ4v) is 3.68. The van der Waals surface area contributed by atoms with Crippen LogP contribution in [0.3, 0.4) is 0 Å². The number of hydrogen-bond acceptors (Lipinski definition) is 3. The second kappa shape index (κ2) is 6.82. The molecule has 0 N–H and O–H groups in total. The molecule has 124 valence electrons. The number of halogens is 2. The van der Waals surface area contributed by atoms with Crippen molar-refractivity contribution < 1.29 is 9.13 Å². The standard InChI is InChI=1S/C20H13ClFNOS/c21-14-7-10-18(24-12-13-5-8-15(22)9-6-13)16(11-14)20-23-17-3-1-2-4-19(17)25-20/h1-11H,12H2. The summed E-state index contributed by atoms with van der Waals surface area (Å²) in [7, 11) is 0. The van der Waals surface area contributed by atoms with Crippen molar-refractivity contribution >= 4 is 33.2 Å². The maximum Gasteiger partial charge on any atom is 0.130 e. The van der Waals surface area contributed by atoms with Crippen LogP contribution in [0.2, 0.25) is 5.02 Å². The molecule has 0 saturated carbocycles. The van der Waals surface area contributed by atoms with Gasteiger partial charge in [-0.25, -0.2) is 9.37 Å². The molecule has 5 heteroatoms. The fourth-order valence-electron chi connectivity index (χ4n) is 2.52. The van der Waals surface area contributed by atoms with E-state index in [1.807, 2.05) is 36.4 Å². The van der Waals surface area contributed by atoms with Gasteiger partial charge < -0.3 is 4.74 Å². The van der Waals surface area contributed by atoms with Gasteiger partial charge in [0, 0.05) is 5.02 Å². The van der Waals surface area contributed by atoms with Crippen molar-refractivity contribution in [2.45, 2.75) is 6.61 Å². The lowest BCUT2D eigenvalue weighted by atomic mass is 10.2. The summed E-state index contributed by atoms with van der Waals surface area (Å²) in [5, 5.41) is 1.49. The van der Waals surface area contributed by atoms with E-state index in [1.165, 1.54) is 12.1 Å². The molecule has 4 aromatic rings. The third kappa shape index (κ3) is 3.50. The Morgan fingerprint density at radius 1 is 1.00 bits per heavy atom. The van der Waals surface area contributed by atoms with E-state index in [1.54, 1.807) is 29.5 Å². The van der Waals surface area contributed by atoms with E-state index < -0.39 is 0 Å². The molecule has 0 radical (unpaired) electrons. The van der Waals surface area contributed by atoms with Crippen LogP contribution in [0, 0.1) is 5.82 Å². The van der Waals surface area contributed by atoms with Gasteiger partial charge in [0.05, 0.1) is 15.8 Å². The summed E-state index contributed by atoms with van der Waals surface area (Å²) in [5.41, 5.74) is 2.70. The molecule has 0 fully saturated rings. The smallest absolute Gasteiger partial charge is 0.130 e. The number of benzene rings is 3. The molecule has 25 heavy (non-hydrogen) atoms. The van der Waals surface area contributed by atoms with E-state index in [-0.39, 0.29) is 5.82 Å². The Morgan fingerprint density at radius 2 is 1.80 bits per heavy atom. The van der Waals surface area contributed by atoms with Crippen molar-refractivity contribution in [3.05, 3.63) is 83.1 Å². The van der Waals surface area contributed by atoms with Gasteiger partial charge in [0.25, 0.3) is 0 Å². The highest BCUT2D eigenvalue weighted by molar-refractivity contribution is 7.21. The Bertz CT molecular complexity index is 996. The molecule has 0 aliphatic rings. The number of hydrogen-bond donors (Lipinski definition) is 0. The van der Waals surface area contributed by atoms with Gasteiger partial charge in [-0.15, -0.1) is 11.3 Å². The molecule has 0 aliphatic carbocycles. The zero-order valence-electron chi connectivity index (χ0n) is 13.1. The molecule has 0 saturated heterocycles. The molecule has 3 aromatic carbocycles. The van der Waals surface area contributed by atoms with Crippen LogP contribution in [0.4, 0.5) is 4.39 Å². The number of ether oxygens (including phenoxy) is 1. The summed E-state index contributed by atoms with van der Waals surface area (Å²) in [6, 6.07) is 19.8. The normalized spacial score (nSPS) is 11.0. The second-order valence-electron chi connectivity index (χ2n) is 5.54. The molecule has 0 amide bonds. The van der Waals surface area contributed by atoms with Crippen molar-refractivity contribution in [3.63, 3.8) is 0 Å². The predicted octanol–water partition coefficient (Wildman–Crippen LogP) is 6.33. The lowest BCUT2D eigenvalue weighted by molar-refractivity contribution is 0.307. The predicted molar refractivity (Wildman–Crippen MR) is 101 cm³/mol. The van der Waals surface area contributed by atoms with Gasteiger partial charge in [-0.3, -0.25) is 0 Å². The molecule has 0 atom stereocenters. The number of rotatable bonds is 4. The Balaban J connectivity index is 1.67. The van der Waals surface area contributed by atoms with Crippen LogP contribution >= 0.6 is 22.9 Å². The highest BCUT2D eigenvalue weighted by atomic mass is 35.5. The van der Waals surface area contributed by atoms with Gasteiger partial charge in [-0.2, -0.15) is 0 Å². The largest absolute Gasteiger partial charge is 0.488 e. The maximum atomic E-state index is 13.0. The number of thiazole rings is 1. The Kier molecular flexibility index (Phi) is 4.38. The van der Waals surface area contributed by atoms with E-state index in [9.17, 15) is 4.39 Å². The van der Waals surface area contributed by atoms with Crippen molar-refractivity contribution in [3.8, 4) is 16.3 Å². The van der Waals surface area contributed by atoms with Crippen LogP contribution in [0.1, 0.15) is 5.56 Å². The number of fused-ring (bicyclic) bond motifs is 1. The number of para-hydroxylation sites is 1. The van der Waals surface area contributed by atoms with Crippen LogP contribution in [-0.2, 0) is 6.61 Å². The Labute approximate surface area is 153 Å². The lowest BCUT2D eigenvalue weighted by Crippen LogP contribution is -1.97. The first kappa shape index (κ1) is 16.1. The van der Waals surface area contributed by atoms with Crippen LogP contribution in [0.25, 0.3) is 20.8 Å². The zero-order valence-corrected chi connectivity index (χ0v) is 14.7. The Morgan fingerprint density at radius 3 is 2.60 bits per heavy atom. The van der Waals surface area contributed by atoms with Gasteiger partial charge in [0.2, 0.25) is 0 Å². The minimum Gasteiger partial charge on any atom is -0.488 e. The van der Waals surface area contributed by atoms with Crippen LogP contribution in [0.15, 0.2) is 66.7 Å². The van der Waals surface area contributed by atoms with Crippen molar-refractivity contribution in [1.29, 1.82) is 0 Å². The maximum absolute atomic E-state index is 13.0. The fraction of sp³-hybridized carbons (Fsp3) is 0.0500. The van der Waals surface area contributed by atoms with Crippen molar-refractivity contribution in [2.24, 2.45) is 0 Å². The summed E-state index contributed by atoms with van der Waals surface area (Å²) in [4.78, 5) is 4.68. The monoisotopic (exact) mass is 369 g/mol. The van der Waals surface area contributed by atoms with Gasteiger partial charge in [-0.05, 0) is 48.0 Å². The summed E-state index contributed by atoms with van der Waals surface area (Å²) in [6.45, 7) is 0.347. The van der Waals surface area contributed by atoms with Gasteiger partial charge in [0.15, 0.2) is 0 Å². The van der Waals surface area contributed by atoms with E-state index in [0.717, 1.165) is 26.4 Å². The summed E-state index contributed by atoms with van der Waals surface area (Å²) in [5.74, 6) is 0.443. The first-order valence-electron chi connectivity index (χ1n) is 7.72. The number of aromatic nitrogens is 1. The topological polar surface area (TPSA) is 22.1 Å². The molecular weight excluding hydrogens is 357 g/mol. The van der Waals surface area contributed by atoms with Crippen LogP contribution < -0.4 is 4.74 Å². The van der Waals surface area contributed by atoms with E-state index in [0.29, 0.717) is 17.4 Å². The third-order valence-electron chi connectivity index (χ3n) is 3.77. The average Bonchev–Trinajstić information content (AvgIpc) is 3.06. The molecule has 4 rings (SSSR count). The highest BCUT2D eigenvalue weighted by Gasteiger charge is 2.13. The molecule has 0 unspecified atom stereocenters. The molecular formula is C20H13ClFNOS. The molecule has 2 nitrogen and oxygen atoms in total. The lowest BCUT2D eigenvalue weighted by Gasteiger charge is -2.10. The molecule has 1 heterocycles. The Hall–Kier alpha value is -2.43. The SMILES string of the molecule is Fc1ccc(COc2ccc(Cl)cc2-c2nc3ccccc3s2)cc1. The van der Waals surface area contributed by atoms with Crippen LogP contribution in [-0.4, -0.2) is 4.98 Å². The van der Waals surface area contributed by atoms with E-state index in [2.05, 4.69) is 4.98 Å². The third-order valence-corrected chi connectivity index (χ3v) is 5.08. The van der Waals surface area contributed by atoms with Gasteiger partial charge >= 0.3 is 0 Å². The van der Waals surface area contributed by atoms with Crippen LogP contribution in [0.5, 0.6) is 5.75 Å². The van der Waals surface area contributed by atoms with Crippen molar-refractivity contribution in [1.82, 2.24) is 4.98 Å². The molecule has 1 aromatic heterocycles. The molecule has 0 bridgehead atoms. The second-order valence-corrected chi connectivity index (χ2v) is 7.01. The number of nitrogens with zero attached hydrogens (tertiary/aromatic N) is 1. The zero-order chi connectivity index (χ0) is 17.2. The summed E-state index contributed by atoms with van der Waals surface area (Å²) < 4.78 is 20.1. The van der Waals surface area contributed by atoms with Gasteiger partial charge in [0.1, 0.15) is 23.2 Å². The first-order chi connectivity index (χ1) is 12.2. The van der Waals surface area contributed by atoms with E-state index >= 15 is 0 Å². The molecule has 0 aliphatic heterocycles. The summed E-state index contributed by atoms with van der Waals surface area (Å²) >= 11 is 7.78.